The van der Waals surface area contributed by atoms with E-state index in [0.29, 0.717) is 16.9 Å². The van der Waals surface area contributed by atoms with Crippen LogP contribution in [0.25, 0.3) is 0 Å². The Labute approximate surface area is 111 Å². The third-order valence-corrected chi connectivity index (χ3v) is 2.91. The Kier molecular flexibility index (Phi) is 3.71. The molecule has 0 atom stereocenters. The summed E-state index contributed by atoms with van der Waals surface area (Å²) in [6, 6.07) is 12.2. The van der Waals surface area contributed by atoms with Gasteiger partial charge in [-0.25, -0.2) is 0 Å². The van der Waals surface area contributed by atoms with Gasteiger partial charge in [-0.3, -0.25) is 4.79 Å². The average Bonchev–Trinajstić information content (AvgIpc) is 2.37. The second-order valence-electron chi connectivity index (χ2n) is 4.43. The van der Waals surface area contributed by atoms with E-state index in [1.165, 1.54) is 0 Å². The molecule has 0 unspecified atom stereocenters. The maximum absolute atomic E-state index is 11.9. The van der Waals surface area contributed by atoms with Gasteiger partial charge in [-0.2, -0.15) is 0 Å². The van der Waals surface area contributed by atoms with Crippen LogP contribution in [0.3, 0.4) is 0 Å². The van der Waals surface area contributed by atoms with E-state index in [1.54, 1.807) is 36.4 Å². The summed E-state index contributed by atoms with van der Waals surface area (Å²) in [6.07, 6.45) is 0.125. The number of carbonyl (C=O) groups excluding carboxylic acids is 1. The fourth-order valence-corrected chi connectivity index (χ4v) is 1.76. The molecule has 0 saturated carbocycles. The van der Waals surface area contributed by atoms with Crippen molar-refractivity contribution < 1.29 is 9.90 Å². The first-order chi connectivity index (χ1) is 9.06. The summed E-state index contributed by atoms with van der Waals surface area (Å²) < 4.78 is 0. The highest BCUT2D eigenvalue weighted by atomic mass is 16.3. The number of phenolic OH excluding ortho intramolecular Hbond substituents is 1. The summed E-state index contributed by atoms with van der Waals surface area (Å²) >= 11 is 0. The lowest BCUT2D eigenvalue weighted by atomic mass is 10.1. The molecule has 98 valence electrons. The van der Waals surface area contributed by atoms with Crippen molar-refractivity contribution in [2.45, 2.75) is 13.3 Å². The molecule has 0 fully saturated rings. The van der Waals surface area contributed by atoms with E-state index in [1.807, 2.05) is 13.0 Å². The second kappa shape index (κ2) is 5.44. The number of rotatable bonds is 3. The molecule has 4 N–H and O–H groups in total. The number of aromatic hydroxyl groups is 1. The number of anilines is 2. The molecule has 2 rings (SSSR count). The Morgan fingerprint density at radius 3 is 2.68 bits per heavy atom. The van der Waals surface area contributed by atoms with Crippen LogP contribution in [0.5, 0.6) is 5.75 Å². The van der Waals surface area contributed by atoms with Gasteiger partial charge in [0.15, 0.2) is 0 Å². The first kappa shape index (κ1) is 13.0. The number of nitrogen functional groups attached to an aromatic ring is 1. The number of nitrogens with one attached hydrogen (secondary N) is 1. The third kappa shape index (κ3) is 3.25. The lowest BCUT2D eigenvalue weighted by Crippen LogP contribution is -2.14. The predicted octanol–water partition coefficient (Wildman–Crippen LogP) is 2.46. The minimum Gasteiger partial charge on any atom is -0.508 e. The van der Waals surface area contributed by atoms with Crippen LogP contribution in [-0.4, -0.2) is 11.0 Å². The molecule has 2 aromatic rings. The Hall–Kier alpha value is -2.49. The van der Waals surface area contributed by atoms with Crippen molar-refractivity contribution in [3.05, 3.63) is 53.6 Å². The fraction of sp³-hybridized carbons (Fsp3) is 0.133. The van der Waals surface area contributed by atoms with Gasteiger partial charge < -0.3 is 16.2 Å². The van der Waals surface area contributed by atoms with Crippen LogP contribution in [-0.2, 0) is 11.2 Å². The minimum atomic E-state index is -0.190. The van der Waals surface area contributed by atoms with Gasteiger partial charge in [0.25, 0.3) is 0 Å². The zero-order valence-corrected chi connectivity index (χ0v) is 10.7. The molecule has 4 heteroatoms. The predicted molar refractivity (Wildman–Crippen MR) is 76.0 cm³/mol. The molecule has 0 aliphatic carbocycles. The van der Waals surface area contributed by atoms with Crippen molar-refractivity contribution >= 4 is 17.3 Å². The Balaban J connectivity index is 2.05. The number of hydrogen-bond donors (Lipinski definition) is 3. The van der Waals surface area contributed by atoms with Gasteiger partial charge in [-0.15, -0.1) is 0 Å². The van der Waals surface area contributed by atoms with E-state index < -0.39 is 0 Å². The molecule has 0 spiro atoms. The van der Waals surface area contributed by atoms with E-state index in [0.717, 1.165) is 5.56 Å². The van der Waals surface area contributed by atoms with Crippen LogP contribution in [0.4, 0.5) is 11.4 Å². The van der Waals surface area contributed by atoms with Crippen molar-refractivity contribution in [1.82, 2.24) is 0 Å². The van der Waals surface area contributed by atoms with E-state index in [-0.39, 0.29) is 18.1 Å². The average molecular weight is 256 g/mol. The largest absolute Gasteiger partial charge is 0.508 e. The van der Waals surface area contributed by atoms with Crippen LogP contribution < -0.4 is 11.1 Å². The standard InChI is InChI=1S/C15H16N2O2/c1-10-6-7-12(9-13(10)16)17-15(19)8-11-4-2-3-5-14(11)18/h2-7,9,18H,8,16H2,1H3,(H,17,19). The lowest BCUT2D eigenvalue weighted by Gasteiger charge is -2.08. The second-order valence-corrected chi connectivity index (χ2v) is 4.43. The lowest BCUT2D eigenvalue weighted by molar-refractivity contribution is -0.115. The summed E-state index contributed by atoms with van der Waals surface area (Å²) in [5, 5.41) is 12.4. The molecule has 0 aromatic heterocycles. The van der Waals surface area contributed by atoms with Crippen LogP contribution in [0.1, 0.15) is 11.1 Å². The van der Waals surface area contributed by atoms with Crippen molar-refractivity contribution in [2.75, 3.05) is 11.1 Å². The molecule has 0 aliphatic heterocycles. The minimum absolute atomic E-state index is 0.125. The van der Waals surface area contributed by atoms with Gasteiger partial charge in [-0.05, 0) is 30.7 Å². The molecule has 0 heterocycles. The number of para-hydroxylation sites is 1. The summed E-state index contributed by atoms with van der Waals surface area (Å²) in [7, 11) is 0. The molecule has 1 amide bonds. The van der Waals surface area contributed by atoms with Crippen LogP contribution in [0.15, 0.2) is 42.5 Å². The third-order valence-electron chi connectivity index (χ3n) is 2.91. The molecular weight excluding hydrogens is 240 g/mol. The van der Waals surface area contributed by atoms with Crippen molar-refractivity contribution in [2.24, 2.45) is 0 Å². The summed E-state index contributed by atoms with van der Waals surface area (Å²) in [4.78, 5) is 11.9. The summed E-state index contributed by atoms with van der Waals surface area (Å²) in [6.45, 7) is 1.91. The fourth-order valence-electron chi connectivity index (χ4n) is 1.76. The smallest absolute Gasteiger partial charge is 0.228 e. The summed E-state index contributed by atoms with van der Waals surface area (Å²) in [5.74, 6) is -0.0641. The molecule has 4 nitrogen and oxygen atoms in total. The van der Waals surface area contributed by atoms with Gasteiger partial charge in [0.05, 0.1) is 6.42 Å². The number of nitrogens with two attached hydrogens (primary N) is 1. The highest BCUT2D eigenvalue weighted by molar-refractivity contribution is 5.93. The van der Waals surface area contributed by atoms with Gasteiger partial charge in [0.1, 0.15) is 5.75 Å². The number of carbonyl (C=O) groups is 1. The van der Waals surface area contributed by atoms with Crippen LogP contribution in [0.2, 0.25) is 0 Å². The van der Waals surface area contributed by atoms with Crippen molar-refractivity contribution in [3.63, 3.8) is 0 Å². The molecular formula is C15H16N2O2. The molecule has 2 aromatic carbocycles. The number of amides is 1. The van der Waals surface area contributed by atoms with Gasteiger partial charge in [-0.1, -0.05) is 24.3 Å². The maximum atomic E-state index is 11.9. The highest BCUT2D eigenvalue weighted by Crippen LogP contribution is 2.19. The molecule has 0 aliphatic rings. The molecule has 0 radical (unpaired) electrons. The molecule has 0 saturated heterocycles. The Bertz CT molecular complexity index is 609. The van der Waals surface area contributed by atoms with Crippen LogP contribution in [0, 0.1) is 6.92 Å². The van der Waals surface area contributed by atoms with Gasteiger partial charge in [0.2, 0.25) is 5.91 Å². The maximum Gasteiger partial charge on any atom is 0.228 e. The Morgan fingerprint density at radius 1 is 1.26 bits per heavy atom. The molecule has 19 heavy (non-hydrogen) atoms. The van der Waals surface area contributed by atoms with Crippen molar-refractivity contribution in [1.29, 1.82) is 0 Å². The number of benzene rings is 2. The topological polar surface area (TPSA) is 75.3 Å². The monoisotopic (exact) mass is 256 g/mol. The van der Waals surface area contributed by atoms with E-state index in [2.05, 4.69) is 5.32 Å². The van der Waals surface area contributed by atoms with Gasteiger partial charge in [0, 0.05) is 16.9 Å². The number of hydrogen-bond acceptors (Lipinski definition) is 3. The quantitative estimate of drug-likeness (QED) is 0.738. The SMILES string of the molecule is Cc1ccc(NC(=O)Cc2ccccc2O)cc1N. The van der Waals surface area contributed by atoms with Crippen molar-refractivity contribution in [3.8, 4) is 5.75 Å². The van der Waals surface area contributed by atoms with E-state index >= 15 is 0 Å². The molecule has 0 bridgehead atoms. The summed E-state index contributed by atoms with van der Waals surface area (Å²) in [5.41, 5.74) is 8.65. The highest BCUT2D eigenvalue weighted by Gasteiger charge is 2.07. The number of phenols is 1. The zero-order chi connectivity index (χ0) is 13.8. The van der Waals surface area contributed by atoms with Crippen LogP contribution >= 0.6 is 0 Å². The zero-order valence-electron chi connectivity index (χ0n) is 10.7. The Morgan fingerprint density at radius 2 is 2.00 bits per heavy atom. The van der Waals surface area contributed by atoms with E-state index in [4.69, 9.17) is 5.73 Å². The first-order valence-electron chi connectivity index (χ1n) is 5.99. The normalized spacial score (nSPS) is 10.2. The van der Waals surface area contributed by atoms with Gasteiger partial charge >= 0.3 is 0 Å². The number of aryl methyl sites for hydroxylation is 1. The first-order valence-corrected chi connectivity index (χ1v) is 5.99. The van der Waals surface area contributed by atoms with E-state index in [9.17, 15) is 9.90 Å².